The second-order valence-electron chi connectivity index (χ2n) is 7.27. The van der Waals surface area contributed by atoms with Crippen molar-refractivity contribution in [2.75, 3.05) is 25.0 Å². The standard InChI is InChI=1S/C23H34N4O3/c1-5-9-13-18(6-2)17-30-23(29)25-21-20(22(28)26(7-3)8-4)16-24-27(21)19-14-11-10-12-15-19/h10-12,14-16,18H,5-9,13,17H2,1-4H3,(H,25,29). The number of carbonyl (C=O) groups excluding carboxylic acids is 2. The van der Waals surface area contributed by atoms with Crippen molar-refractivity contribution >= 4 is 17.8 Å². The molecule has 1 N–H and O–H groups in total. The van der Waals surface area contributed by atoms with E-state index >= 15 is 0 Å². The number of para-hydroxylation sites is 1. The SMILES string of the molecule is CCCCC(CC)COC(=O)Nc1c(C(=O)N(CC)CC)cnn1-c1ccccc1. The summed E-state index contributed by atoms with van der Waals surface area (Å²) >= 11 is 0. The van der Waals surface area contributed by atoms with Gasteiger partial charge in [0.15, 0.2) is 5.82 Å². The van der Waals surface area contributed by atoms with Gasteiger partial charge in [0.1, 0.15) is 5.56 Å². The molecule has 1 atom stereocenters. The van der Waals surface area contributed by atoms with Crippen LogP contribution in [0.25, 0.3) is 5.69 Å². The molecule has 2 aromatic rings. The molecule has 0 aliphatic carbocycles. The topological polar surface area (TPSA) is 76.5 Å². The third-order valence-corrected chi connectivity index (χ3v) is 5.26. The van der Waals surface area contributed by atoms with Crippen LogP contribution in [0.4, 0.5) is 10.6 Å². The average Bonchev–Trinajstić information content (AvgIpc) is 3.18. The molecule has 0 saturated heterocycles. The van der Waals surface area contributed by atoms with E-state index in [4.69, 9.17) is 4.74 Å². The number of anilines is 1. The number of unbranched alkanes of at least 4 members (excludes halogenated alkanes) is 1. The van der Waals surface area contributed by atoms with E-state index in [1.807, 2.05) is 44.2 Å². The summed E-state index contributed by atoms with van der Waals surface area (Å²) in [6.07, 6.45) is 5.16. The minimum atomic E-state index is -0.573. The number of nitrogens with zero attached hydrogens (tertiary/aromatic N) is 3. The average molecular weight is 415 g/mol. The summed E-state index contributed by atoms with van der Waals surface area (Å²) in [4.78, 5) is 27.2. The summed E-state index contributed by atoms with van der Waals surface area (Å²) in [5.41, 5.74) is 1.10. The van der Waals surface area contributed by atoms with E-state index in [9.17, 15) is 9.59 Å². The lowest BCUT2D eigenvalue weighted by Gasteiger charge is -2.19. The molecule has 7 nitrogen and oxygen atoms in total. The van der Waals surface area contributed by atoms with Crippen LogP contribution in [0.5, 0.6) is 0 Å². The van der Waals surface area contributed by atoms with Crippen LogP contribution < -0.4 is 5.32 Å². The predicted molar refractivity (Wildman–Crippen MR) is 119 cm³/mol. The Bertz CT molecular complexity index is 800. The highest BCUT2D eigenvalue weighted by atomic mass is 16.5. The summed E-state index contributed by atoms with van der Waals surface area (Å²) in [7, 11) is 0. The quantitative estimate of drug-likeness (QED) is 0.554. The predicted octanol–water partition coefficient (Wildman–Crippen LogP) is 5.12. The molecule has 2 amide bonds. The number of nitrogens with one attached hydrogen (secondary N) is 1. The lowest BCUT2D eigenvalue weighted by Crippen LogP contribution is -2.31. The summed E-state index contributed by atoms with van der Waals surface area (Å²) < 4.78 is 7.05. The fourth-order valence-corrected chi connectivity index (χ4v) is 3.30. The molecular formula is C23H34N4O3. The number of ether oxygens (including phenoxy) is 1. The van der Waals surface area contributed by atoms with Crippen molar-refractivity contribution in [1.82, 2.24) is 14.7 Å². The molecule has 2 rings (SSSR count). The zero-order chi connectivity index (χ0) is 21.9. The smallest absolute Gasteiger partial charge is 0.412 e. The largest absolute Gasteiger partial charge is 0.449 e. The van der Waals surface area contributed by atoms with E-state index < -0.39 is 6.09 Å². The zero-order valence-corrected chi connectivity index (χ0v) is 18.6. The third kappa shape index (κ3) is 6.08. The highest BCUT2D eigenvalue weighted by Crippen LogP contribution is 2.22. The lowest BCUT2D eigenvalue weighted by atomic mass is 10.0. The molecule has 164 valence electrons. The highest BCUT2D eigenvalue weighted by Gasteiger charge is 2.24. The van der Waals surface area contributed by atoms with Crippen molar-refractivity contribution in [3.63, 3.8) is 0 Å². The summed E-state index contributed by atoms with van der Waals surface area (Å²) in [6.45, 7) is 9.61. The normalized spacial score (nSPS) is 11.7. The molecule has 1 aromatic heterocycles. The van der Waals surface area contributed by atoms with Crippen LogP contribution in [-0.2, 0) is 4.74 Å². The van der Waals surface area contributed by atoms with Crippen LogP contribution >= 0.6 is 0 Å². The number of carbonyl (C=O) groups is 2. The van der Waals surface area contributed by atoms with Crippen molar-refractivity contribution in [3.05, 3.63) is 42.1 Å². The van der Waals surface area contributed by atoms with Gasteiger partial charge in [-0.3, -0.25) is 10.1 Å². The molecular weight excluding hydrogens is 380 g/mol. The van der Waals surface area contributed by atoms with E-state index in [0.717, 1.165) is 31.4 Å². The van der Waals surface area contributed by atoms with Crippen LogP contribution in [0.1, 0.15) is 63.7 Å². The maximum atomic E-state index is 13.0. The summed E-state index contributed by atoms with van der Waals surface area (Å²) in [5.74, 6) is 0.489. The van der Waals surface area contributed by atoms with Gasteiger partial charge in [0.2, 0.25) is 0 Å². The van der Waals surface area contributed by atoms with Gasteiger partial charge in [0, 0.05) is 13.1 Å². The van der Waals surface area contributed by atoms with Crippen molar-refractivity contribution in [2.45, 2.75) is 53.4 Å². The number of benzene rings is 1. The maximum Gasteiger partial charge on any atom is 0.412 e. The number of hydrogen-bond acceptors (Lipinski definition) is 4. The lowest BCUT2D eigenvalue weighted by molar-refractivity contribution is 0.0774. The van der Waals surface area contributed by atoms with Gasteiger partial charge < -0.3 is 9.64 Å². The highest BCUT2D eigenvalue weighted by molar-refractivity contribution is 6.01. The Morgan fingerprint density at radius 3 is 2.43 bits per heavy atom. The van der Waals surface area contributed by atoms with Gasteiger partial charge >= 0.3 is 6.09 Å². The van der Waals surface area contributed by atoms with Gasteiger partial charge in [-0.25, -0.2) is 9.48 Å². The van der Waals surface area contributed by atoms with Gasteiger partial charge in [0.25, 0.3) is 5.91 Å². The summed E-state index contributed by atoms with van der Waals surface area (Å²) in [6, 6.07) is 9.40. The van der Waals surface area contributed by atoms with Gasteiger partial charge in [-0.05, 0) is 38.3 Å². The second kappa shape index (κ2) is 12.0. The van der Waals surface area contributed by atoms with E-state index in [-0.39, 0.29) is 5.91 Å². The zero-order valence-electron chi connectivity index (χ0n) is 18.6. The Labute approximate surface area is 179 Å². The number of rotatable bonds is 11. The van der Waals surface area contributed by atoms with Crippen LogP contribution in [0.3, 0.4) is 0 Å². The van der Waals surface area contributed by atoms with E-state index in [1.54, 1.807) is 9.58 Å². The molecule has 30 heavy (non-hydrogen) atoms. The second-order valence-corrected chi connectivity index (χ2v) is 7.27. The molecule has 0 aliphatic heterocycles. The van der Waals surface area contributed by atoms with Gasteiger partial charge in [0.05, 0.1) is 18.5 Å². The van der Waals surface area contributed by atoms with Crippen molar-refractivity contribution in [3.8, 4) is 5.69 Å². The third-order valence-electron chi connectivity index (χ3n) is 5.26. The van der Waals surface area contributed by atoms with Gasteiger partial charge in [-0.15, -0.1) is 0 Å². The van der Waals surface area contributed by atoms with Crippen LogP contribution in [-0.4, -0.2) is 46.4 Å². The van der Waals surface area contributed by atoms with Crippen LogP contribution in [0, 0.1) is 5.92 Å². The van der Waals surface area contributed by atoms with E-state index in [1.165, 1.54) is 6.20 Å². The molecule has 1 heterocycles. The van der Waals surface area contributed by atoms with E-state index in [2.05, 4.69) is 24.3 Å². The minimum Gasteiger partial charge on any atom is -0.449 e. The Kier molecular flexibility index (Phi) is 9.38. The number of amides is 2. The molecule has 0 aliphatic rings. The molecule has 1 unspecified atom stereocenters. The fourth-order valence-electron chi connectivity index (χ4n) is 3.30. The Hall–Kier alpha value is -2.83. The fraction of sp³-hybridized carbons (Fsp3) is 0.522. The first-order valence-corrected chi connectivity index (χ1v) is 10.9. The molecule has 0 bridgehead atoms. The van der Waals surface area contributed by atoms with Crippen molar-refractivity contribution in [1.29, 1.82) is 0 Å². The molecule has 1 aromatic carbocycles. The number of hydrogen-bond donors (Lipinski definition) is 1. The van der Waals surface area contributed by atoms with E-state index in [0.29, 0.717) is 37.0 Å². The first kappa shape index (κ1) is 23.4. The Morgan fingerprint density at radius 2 is 1.83 bits per heavy atom. The number of aromatic nitrogens is 2. The molecule has 0 radical (unpaired) electrons. The Morgan fingerprint density at radius 1 is 1.13 bits per heavy atom. The molecule has 7 heteroatoms. The van der Waals surface area contributed by atoms with Crippen molar-refractivity contribution < 1.29 is 14.3 Å². The first-order valence-electron chi connectivity index (χ1n) is 10.9. The Balaban J connectivity index is 2.24. The molecule has 0 spiro atoms. The maximum absolute atomic E-state index is 13.0. The minimum absolute atomic E-state index is 0.174. The monoisotopic (exact) mass is 414 g/mol. The van der Waals surface area contributed by atoms with Crippen LogP contribution in [0.15, 0.2) is 36.5 Å². The summed E-state index contributed by atoms with van der Waals surface area (Å²) in [5, 5.41) is 7.13. The van der Waals surface area contributed by atoms with Gasteiger partial charge in [-0.1, -0.05) is 51.3 Å². The first-order chi connectivity index (χ1) is 14.5. The van der Waals surface area contributed by atoms with Crippen molar-refractivity contribution in [2.24, 2.45) is 5.92 Å². The van der Waals surface area contributed by atoms with Gasteiger partial charge in [-0.2, -0.15) is 5.10 Å². The van der Waals surface area contributed by atoms with Crippen LogP contribution in [0.2, 0.25) is 0 Å². The molecule has 0 saturated carbocycles. The molecule has 0 fully saturated rings.